The quantitative estimate of drug-likeness (QED) is 0.748. The smallest absolute Gasteiger partial charge is 0.338 e. The summed E-state index contributed by atoms with van der Waals surface area (Å²) >= 11 is 0.990. The van der Waals surface area contributed by atoms with E-state index >= 15 is 0 Å². The first kappa shape index (κ1) is 15.9. The molecule has 1 saturated heterocycles. The third kappa shape index (κ3) is 3.25. The standard InChI is InChI=1S/C12H16N2O5S2/c1-9(15)13-3-5-14(6-4-13)21(17,18)11-7-10(8-20-11)12(16)19-2/h7-8H,3-6H2,1-2H3. The van der Waals surface area contributed by atoms with Crippen LogP contribution >= 0.6 is 11.3 Å². The Bertz CT molecular complexity index is 644. The van der Waals surface area contributed by atoms with Crippen LogP contribution in [0.5, 0.6) is 0 Å². The molecule has 0 bridgehead atoms. The van der Waals surface area contributed by atoms with Gasteiger partial charge in [-0.3, -0.25) is 4.79 Å². The summed E-state index contributed by atoms with van der Waals surface area (Å²) in [6, 6.07) is 1.32. The monoisotopic (exact) mass is 332 g/mol. The van der Waals surface area contributed by atoms with Crippen LogP contribution < -0.4 is 0 Å². The molecule has 0 saturated carbocycles. The molecule has 1 aliphatic heterocycles. The lowest BCUT2D eigenvalue weighted by molar-refractivity contribution is -0.129. The fraction of sp³-hybridized carbons (Fsp3) is 0.500. The zero-order valence-electron chi connectivity index (χ0n) is 11.7. The number of esters is 1. The van der Waals surface area contributed by atoms with Crippen molar-refractivity contribution in [1.29, 1.82) is 0 Å². The molecular formula is C12H16N2O5S2. The van der Waals surface area contributed by atoms with Crippen molar-refractivity contribution in [3.8, 4) is 0 Å². The maximum absolute atomic E-state index is 12.5. The number of thiophene rings is 1. The molecule has 116 valence electrons. The van der Waals surface area contributed by atoms with E-state index in [1.54, 1.807) is 4.90 Å². The van der Waals surface area contributed by atoms with Crippen molar-refractivity contribution in [2.45, 2.75) is 11.1 Å². The largest absolute Gasteiger partial charge is 0.465 e. The average molecular weight is 332 g/mol. The molecule has 1 aliphatic rings. The normalized spacial score (nSPS) is 16.8. The Kier molecular flexibility index (Phi) is 4.64. The topological polar surface area (TPSA) is 84.0 Å². The van der Waals surface area contributed by atoms with Gasteiger partial charge < -0.3 is 9.64 Å². The summed E-state index contributed by atoms with van der Waals surface area (Å²) in [7, 11) is -2.38. The number of piperazine rings is 1. The second-order valence-electron chi connectivity index (χ2n) is 4.56. The summed E-state index contributed by atoms with van der Waals surface area (Å²) in [6.07, 6.45) is 0. The molecule has 1 amide bonds. The zero-order chi connectivity index (χ0) is 15.6. The Morgan fingerprint density at radius 1 is 1.24 bits per heavy atom. The first-order valence-electron chi connectivity index (χ1n) is 6.29. The van der Waals surface area contributed by atoms with E-state index in [-0.39, 0.29) is 28.8 Å². The molecule has 0 aliphatic carbocycles. The molecule has 7 nitrogen and oxygen atoms in total. The van der Waals surface area contributed by atoms with Crippen molar-refractivity contribution in [3.63, 3.8) is 0 Å². The molecule has 2 rings (SSSR count). The Hall–Kier alpha value is -1.45. The van der Waals surface area contributed by atoms with Crippen LogP contribution in [0.3, 0.4) is 0 Å². The van der Waals surface area contributed by atoms with Crippen LogP contribution in [-0.4, -0.2) is 62.8 Å². The van der Waals surface area contributed by atoms with Crippen molar-refractivity contribution >= 4 is 33.2 Å². The van der Waals surface area contributed by atoms with Gasteiger partial charge in [0.15, 0.2) is 0 Å². The lowest BCUT2D eigenvalue weighted by atomic mass is 10.3. The second-order valence-corrected chi connectivity index (χ2v) is 7.63. The Morgan fingerprint density at radius 2 is 1.86 bits per heavy atom. The van der Waals surface area contributed by atoms with Crippen LogP contribution in [0.4, 0.5) is 0 Å². The maximum atomic E-state index is 12.5. The molecule has 21 heavy (non-hydrogen) atoms. The summed E-state index contributed by atoms with van der Waals surface area (Å²) in [4.78, 5) is 24.2. The van der Waals surface area contributed by atoms with Crippen LogP contribution in [-0.2, 0) is 19.6 Å². The minimum Gasteiger partial charge on any atom is -0.465 e. The molecule has 9 heteroatoms. The fourth-order valence-corrected chi connectivity index (χ4v) is 4.77. The number of carbonyl (C=O) groups excluding carboxylic acids is 2. The lowest BCUT2D eigenvalue weighted by Gasteiger charge is -2.33. The predicted octanol–water partition coefficient (Wildman–Crippen LogP) is 0.387. The number of hydrogen-bond acceptors (Lipinski definition) is 6. The van der Waals surface area contributed by atoms with E-state index in [0.717, 1.165) is 11.3 Å². The van der Waals surface area contributed by atoms with E-state index in [9.17, 15) is 18.0 Å². The van der Waals surface area contributed by atoms with Gasteiger partial charge in [0.2, 0.25) is 5.91 Å². The summed E-state index contributed by atoms with van der Waals surface area (Å²) < 4.78 is 30.9. The highest BCUT2D eigenvalue weighted by atomic mass is 32.2. The van der Waals surface area contributed by atoms with Crippen molar-refractivity contribution < 1.29 is 22.7 Å². The molecule has 0 radical (unpaired) electrons. The van der Waals surface area contributed by atoms with Gasteiger partial charge >= 0.3 is 5.97 Å². The van der Waals surface area contributed by atoms with Gasteiger partial charge in [-0.25, -0.2) is 13.2 Å². The number of nitrogens with zero attached hydrogens (tertiary/aromatic N) is 2. The number of ether oxygens (including phenoxy) is 1. The SMILES string of the molecule is COC(=O)c1csc(S(=O)(=O)N2CCN(C(C)=O)CC2)c1. The Labute approximate surface area is 127 Å². The zero-order valence-corrected chi connectivity index (χ0v) is 13.4. The van der Waals surface area contributed by atoms with Gasteiger partial charge in [-0.05, 0) is 6.07 Å². The molecule has 0 N–H and O–H groups in total. The van der Waals surface area contributed by atoms with Crippen LogP contribution in [0.2, 0.25) is 0 Å². The molecule has 1 aromatic rings. The fourth-order valence-electron chi connectivity index (χ4n) is 2.05. The van der Waals surface area contributed by atoms with Crippen molar-refractivity contribution in [3.05, 3.63) is 17.0 Å². The van der Waals surface area contributed by atoms with Gasteiger partial charge in [0, 0.05) is 38.5 Å². The molecule has 1 fully saturated rings. The third-order valence-corrected chi connectivity index (χ3v) is 6.59. The van der Waals surface area contributed by atoms with Gasteiger partial charge in [0.05, 0.1) is 12.7 Å². The highest BCUT2D eigenvalue weighted by Crippen LogP contribution is 2.25. The Morgan fingerprint density at radius 3 is 2.38 bits per heavy atom. The second kappa shape index (κ2) is 6.12. The van der Waals surface area contributed by atoms with Crippen LogP contribution in [0.1, 0.15) is 17.3 Å². The van der Waals surface area contributed by atoms with Crippen LogP contribution in [0, 0.1) is 0 Å². The van der Waals surface area contributed by atoms with E-state index in [0.29, 0.717) is 13.1 Å². The molecule has 1 aromatic heterocycles. The summed E-state index contributed by atoms with van der Waals surface area (Å²) in [5.74, 6) is -0.620. The first-order chi connectivity index (χ1) is 9.86. The van der Waals surface area contributed by atoms with E-state index in [1.807, 2.05) is 0 Å². The van der Waals surface area contributed by atoms with Crippen molar-refractivity contribution in [2.75, 3.05) is 33.3 Å². The minimum atomic E-state index is -3.63. The highest BCUT2D eigenvalue weighted by Gasteiger charge is 2.30. The summed E-state index contributed by atoms with van der Waals surface area (Å²) in [5, 5.41) is 1.46. The molecular weight excluding hydrogens is 316 g/mol. The van der Waals surface area contributed by atoms with Gasteiger partial charge in [-0.2, -0.15) is 4.31 Å². The number of rotatable bonds is 3. The number of amides is 1. The Balaban J connectivity index is 2.14. The van der Waals surface area contributed by atoms with Gasteiger partial charge in [0.1, 0.15) is 4.21 Å². The maximum Gasteiger partial charge on any atom is 0.338 e. The van der Waals surface area contributed by atoms with Gasteiger partial charge in [0.25, 0.3) is 10.0 Å². The van der Waals surface area contributed by atoms with Gasteiger partial charge in [-0.1, -0.05) is 0 Å². The van der Waals surface area contributed by atoms with Crippen molar-refractivity contribution in [1.82, 2.24) is 9.21 Å². The lowest BCUT2D eigenvalue weighted by Crippen LogP contribution is -2.49. The average Bonchev–Trinajstić information content (AvgIpc) is 2.97. The number of sulfonamides is 1. The van der Waals surface area contributed by atoms with Crippen LogP contribution in [0.25, 0.3) is 0 Å². The van der Waals surface area contributed by atoms with E-state index < -0.39 is 16.0 Å². The van der Waals surface area contributed by atoms with Crippen LogP contribution in [0.15, 0.2) is 15.7 Å². The minimum absolute atomic E-state index is 0.0591. The molecule has 0 aromatic carbocycles. The number of methoxy groups -OCH3 is 1. The molecule has 0 unspecified atom stereocenters. The number of hydrogen-bond donors (Lipinski definition) is 0. The number of carbonyl (C=O) groups is 2. The molecule has 0 atom stereocenters. The summed E-state index contributed by atoms with van der Waals surface area (Å²) in [6.45, 7) is 2.74. The third-order valence-electron chi connectivity index (χ3n) is 3.27. The van der Waals surface area contributed by atoms with Gasteiger partial charge in [-0.15, -0.1) is 11.3 Å². The molecule has 2 heterocycles. The first-order valence-corrected chi connectivity index (χ1v) is 8.60. The molecule has 0 spiro atoms. The van der Waals surface area contributed by atoms with Crippen molar-refractivity contribution in [2.24, 2.45) is 0 Å². The van der Waals surface area contributed by atoms with E-state index in [2.05, 4.69) is 4.74 Å². The van der Waals surface area contributed by atoms with E-state index in [1.165, 1.54) is 29.8 Å². The van der Waals surface area contributed by atoms with E-state index in [4.69, 9.17) is 0 Å². The highest BCUT2D eigenvalue weighted by molar-refractivity contribution is 7.91. The summed E-state index contributed by atoms with van der Waals surface area (Å²) in [5.41, 5.74) is 0.225. The predicted molar refractivity (Wildman–Crippen MR) is 76.7 cm³/mol.